The van der Waals surface area contributed by atoms with Crippen LogP contribution in [-0.4, -0.2) is 25.6 Å². The minimum atomic E-state index is -0.528. The van der Waals surface area contributed by atoms with Gasteiger partial charge in [0.25, 0.3) is 5.91 Å². The van der Waals surface area contributed by atoms with E-state index in [1.54, 1.807) is 31.4 Å². The molecule has 1 amide bonds. The van der Waals surface area contributed by atoms with E-state index in [1.165, 1.54) is 0 Å². The molecule has 0 spiro atoms. The molecule has 26 heavy (non-hydrogen) atoms. The number of para-hydroxylation sites is 1. The van der Waals surface area contributed by atoms with Crippen LogP contribution in [0.3, 0.4) is 0 Å². The number of hydrogen-bond donors (Lipinski definition) is 1. The first-order valence-electron chi connectivity index (χ1n) is 8.69. The molecule has 0 saturated heterocycles. The number of rotatable bonds is 8. The molecule has 2 rings (SSSR count). The van der Waals surface area contributed by atoms with Gasteiger partial charge in [-0.1, -0.05) is 44.2 Å². The standard InChI is InChI=1S/C21H25NO4/c1-4-15(2)18-7-5-6-8-19(18)22-20(23)14-26-21(24)17-11-9-16(10-12-17)13-25-3/h5-12,15H,4,13-14H2,1-3H3,(H,22,23). The van der Waals surface area contributed by atoms with Gasteiger partial charge in [0.1, 0.15) is 0 Å². The van der Waals surface area contributed by atoms with E-state index in [2.05, 4.69) is 19.2 Å². The average molecular weight is 355 g/mol. The second kappa shape index (κ2) is 9.73. The Morgan fingerprint density at radius 3 is 2.42 bits per heavy atom. The number of carbonyl (C=O) groups is 2. The number of hydrogen-bond acceptors (Lipinski definition) is 4. The molecule has 0 heterocycles. The van der Waals surface area contributed by atoms with Crippen molar-refractivity contribution in [2.24, 2.45) is 0 Å². The summed E-state index contributed by atoms with van der Waals surface area (Å²) in [5.41, 5.74) is 3.19. The highest BCUT2D eigenvalue weighted by Gasteiger charge is 2.13. The molecule has 1 unspecified atom stereocenters. The molecule has 5 nitrogen and oxygen atoms in total. The molecule has 1 N–H and O–H groups in total. The van der Waals surface area contributed by atoms with E-state index in [0.29, 0.717) is 18.1 Å². The van der Waals surface area contributed by atoms with Crippen LogP contribution in [0, 0.1) is 0 Å². The third-order valence-electron chi connectivity index (χ3n) is 4.21. The molecule has 0 radical (unpaired) electrons. The van der Waals surface area contributed by atoms with Crippen LogP contribution in [0.25, 0.3) is 0 Å². The molecular weight excluding hydrogens is 330 g/mol. The second-order valence-electron chi connectivity index (χ2n) is 6.15. The second-order valence-corrected chi connectivity index (χ2v) is 6.15. The van der Waals surface area contributed by atoms with Crippen molar-refractivity contribution >= 4 is 17.6 Å². The highest BCUT2D eigenvalue weighted by Crippen LogP contribution is 2.26. The van der Waals surface area contributed by atoms with E-state index >= 15 is 0 Å². The van der Waals surface area contributed by atoms with Crippen molar-refractivity contribution in [3.63, 3.8) is 0 Å². The highest BCUT2D eigenvalue weighted by molar-refractivity contribution is 5.96. The van der Waals surface area contributed by atoms with Crippen LogP contribution in [0.2, 0.25) is 0 Å². The third kappa shape index (κ3) is 5.43. The number of ether oxygens (including phenoxy) is 2. The van der Waals surface area contributed by atoms with Crippen LogP contribution in [0.4, 0.5) is 5.69 Å². The van der Waals surface area contributed by atoms with Crippen LogP contribution >= 0.6 is 0 Å². The van der Waals surface area contributed by atoms with Gasteiger partial charge in [-0.2, -0.15) is 0 Å². The number of benzene rings is 2. The van der Waals surface area contributed by atoms with Gasteiger partial charge in [0.15, 0.2) is 6.61 Å². The summed E-state index contributed by atoms with van der Waals surface area (Å²) in [6, 6.07) is 14.6. The van der Waals surface area contributed by atoms with E-state index in [0.717, 1.165) is 23.2 Å². The maximum atomic E-state index is 12.1. The van der Waals surface area contributed by atoms with Gasteiger partial charge in [0.05, 0.1) is 12.2 Å². The van der Waals surface area contributed by atoms with E-state index < -0.39 is 5.97 Å². The molecule has 5 heteroatoms. The van der Waals surface area contributed by atoms with Gasteiger partial charge < -0.3 is 14.8 Å². The Bertz CT molecular complexity index is 740. The van der Waals surface area contributed by atoms with E-state index in [4.69, 9.17) is 9.47 Å². The van der Waals surface area contributed by atoms with Crippen molar-refractivity contribution in [1.29, 1.82) is 0 Å². The Kier molecular flexibility index (Phi) is 7.36. The van der Waals surface area contributed by atoms with Crippen LogP contribution in [-0.2, 0) is 20.9 Å². The number of anilines is 1. The molecule has 0 bridgehead atoms. The topological polar surface area (TPSA) is 64.6 Å². The summed E-state index contributed by atoms with van der Waals surface area (Å²) >= 11 is 0. The van der Waals surface area contributed by atoms with E-state index in [1.807, 2.05) is 24.3 Å². The van der Waals surface area contributed by atoms with Gasteiger partial charge >= 0.3 is 5.97 Å². The van der Waals surface area contributed by atoms with Crippen LogP contribution in [0.5, 0.6) is 0 Å². The first kappa shape index (κ1) is 19.7. The van der Waals surface area contributed by atoms with Crippen molar-refractivity contribution < 1.29 is 19.1 Å². The molecule has 0 saturated carbocycles. The Balaban J connectivity index is 1.91. The first-order chi connectivity index (χ1) is 12.5. The van der Waals surface area contributed by atoms with Crippen molar-refractivity contribution in [2.45, 2.75) is 32.8 Å². The third-order valence-corrected chi connectivity index (χ3v) is 4.21. The predicted molar refractivity (Wildman–Crippen MR) is 101 cm³/mol. The lowest BCUT2D eigenvalue weighted by molar-refractivity contribution is -0.119. The fourth-order valence-electron chi connectivity index (χ4n) is 2.56. The van der Waals surface area contributed by atoms with E-state index in [-0.39, 0.29) is 12.5 Å². The van der Waals surface area contributed by atoms with Gasteiger partial charge in [0, 0.05) is 12.8 Å². The zero-order valence-electron chi connectivity index (χ0n) is 15.5. The Morgan fingerprint density at radius 2 is 1.77 bits per heavy atom. The predicted octanol–water partition coefficient (Wildman–Crippen LogP) is 4.14. The monoisotopic (exact) mass is 355 g/mol. The summed E-state index contributed by atoms with van der Waals surface area (Å²) in [4.78, 5) is 24.2. The van der Waals surface area contributed by atoms with Crippen molar-refractivity contribution in [3.8, 4) is 0 Å². The molecule has 0 aromatic heterocycles. The summed E-state index contributed by atoms with van der Waals surface area (Å²) in [7, 11) is 1.61. The normalized spacial score (nSPS) is 11.7. The minimum absolute atomic E-state index is 0.326. The fourth-order valence-corrected chi connectivity index (χ4v) is 2.56. The maximum Gasteiger partial charge on any atom is 0.338 e. The van der Waals surface area contributed by atoms with Crippen molar-refractivity contribution in [2.75, 3.05) is 19.0 Å². The lowest BCUT2D eigenvalue weighted by Gasteiger charge is -2.15. The Hall–Kier alpha value is -2.66. The fraction of sp³-hybridized carbons (Fsp3) is 0.333. The summed E-state index contributed by atoms with van der Waals surface area (Å²) in [6.45, 7) is 4.36. The number of nitrogens with one attached hydrogen (secondary N) is 1. The van der Waals surface area contributed by atoms with E-state index in [9.17, 15) is 9.59 Å². The number of carbonyl (C=O) groups excluding carboxylic acids is 2. The Morgan fingerprint density at radius 1 is 1.08 bits per heavy atom. The lowest BCUT2D eigenvalue weighted by Crippen LogP contribution is -2.21. The van der Waals surface area contributed by atoms with Crippen LogP contribution < -0.4 is 5.32 Å². The molecule has 2 aromatic rings. The highest BCUT2D eigenvalue weighted by atomic mass is 16.5. The summed E-state index contributed by atoms with van der Waals surface area (Å²) < 4.78 is 10.1. The SMILES string of the molecule is CCC(C)c1ccccc1NC(=O)COC(=O)c1ccc(COC)cc1. The lowest BCUT2D eigenvalue weighted by atomic mass is 9.97. The summed E-state index contributed by atoms with van der Waals surface area (Å²) in [6.07, 6.45) is 0.973. The summed E-state index contributed by atoms with van der Waals surface area (Å²) in [5, 5.41) is 2.83. The van der Waals surface area contributed by atoms with Gasteiger partial charge in [-0.15, -0.1) is 0 Å². The molecule has 0 aliphatic heterocycles. The molecule has 0 aliphatic rings. The van der Waals surface area contributed by atoms with Gasteiger partial charge in [0.2, 0.25) is 0 Å². The Labute approximate surface area is 154 Å². The average Bonchev–Trinajstić information content (AvgIpc) is 2.67. The maximum absolute atomic E-state index is 12.1. The summed E-state index contributed by atoms with van der Waals surface area (Å²) in [5.74, 6) is -0.552. The molecule has 0 aliphatic carbocycles. The quantitative estimate of drug-likeness (QED) is 0.723. The van der Waals surface area contributed by atoms with Crippen molar-refractivity contribution in [3.05, 3.63) is 65.2 Å². The molecular formula is C21H25NO4. The molecule has 138 valence electrons. The number of esters is 1. The zero-order chi connectivity index (χ0) is 18.9. The largest absolute Gasteiger partial charge is 0.452 e. The minimum Gasteiger partial charge on any atom is -0.452 e. The first-order valence-corrected chi connectivity index (χ1v) is 8.69. The number of amides is 1. The zero-order valence-corrected chi connectivity index (χ0v) is 15.5. The van der Waals surface area contributed by atoms with Gasteiger partial charge in [-0.3, -0.25) is 4.79 Å². The van der Waals surface area contributed by atoms with Gasteiger partial charge in [-0.25, -0.2) is 4.79 Å². The molecule has 2 aromatic carbocycles. The van der Waals surface area contributed by atoms with Gasteiger partial charge in [-0.05, 0) is 41.7 Å². The van der Waals surface area contributed by atoms with Crippen LogP contribution in [0.1, 0.15) is 47.7 Å². The smallest absolute Gasteiger partial charge is 0.338 e. The number of methoxy groups -OCH3 is 1. The molecule has 1 atom stereocenters. The van der Waals surface area contributed by atoms with Crippen molar-refractivity contribution in [1.82, 2.24) is 0 Å². The molecule has 0 fully saturated rings. The van der Waals surface area contributed by atoms with Crippen LogP contribution in [0.15, 0.2) is 48.5 Å².